The first-order valence-corrected chi connectivity index (χ1v) is 6.61. The fourth-order valence-electron chi connectivity index (χ4n) is 2.50. The number of benzene rings is 1. The molecule has 18 heavy (non-hydrogen) atoms. The van der Waals surface area contributed by atoms with E-state index in [-0.39, 0.29) is 12.1 Å². The van der Waals surface area contributed by atoms with Crippen LogP contribution in [0.5, 0.6) is 11.5 Å². The number of ether oxygens (including phenoxy) is 3. The monoisotopic (exact) mass is 249 g/mol. The Morgan fingerprint density at radius 2 is 1.83 bits per heavy atom. The van der Waals surface area contributed by atoms with Gasteiger partial charge in [0.25, 0.3) is 0 Å². The first-order chi connectivity index (χ1) is 8.84. The summed E-state index contributed by atoms with van der Waals surface area (Å²) < 4.78 is 17.1. The molecule has 2 atom stereocenters. The highest BCUT2D eigenvalue weighted by Gasteiger charge is 2.25. The summed E-state index contributed by atoms with van der Waals surface area (Å²) >= 11 is 0. The van der Waals surface area contributed by atoms with Crippen LogP contribution in [-0.2, 0) is 4.74 Å². The molecule has 1 fully saturated rings. The van der Waals surface area contributed by atoms with Crippen LogP contribution in [0.3, 0.4) is 0 Å². The third-order valence-electron chi connectivity index (χ3n) is 3.47. The molecule has 1 aromatic carbocycles. The summed E-state index contributed by atoms with van der Waals surface area (Å²) in [6.45, 7) is 2.20. The van der Waals surface area contributed by atoms with Crippen molar-refractivity contribution in [2.24, 2.45) is 5.73 Å². The van der Waals surface area contributed by atoms with Gasteiger partial charge in [-0.25, -0.2) is 0 Å². The zero-order chi connectivity index (χ0) is 12.4. The lowest BCUT2D eigenvalue weighted by atomic mass is 9.96. The average Bonchev–Trinajstić information content (AvgIpc) is 2.63. The molecule has 4 nitrogen and oxygen atoms in total. The lowest BCUT2D eigenvalue weighted by Gasteiger charge is -2.29. The molecule has 0 amide bonds. The van der Waals surface area contributed by atoms with Crippen molar-refractivity contribution in [1.29, 1.82) is 0 Å². The highest BCUT2D eigenvalue weighted by atomic mass is 16.5. The Balaban J connectivity index is 1.86. The highest BCUT2D eigenvalue weighted by molar-refractivity contribution is 5.44. The van der Waals surface area contributed by atoms with Crippen LogP contribution in [0.25, 0.3) is 0 Å². The van der Waals surface area contributed by atoms with E-state index in [0.717, 1.165) is 42.9 Å². The second kappa shape index (κ2) is 5.16. The normalized spacial score (nSPS) is 27.6. The van der Waals surface area contributed by atoms with Gasteiger partial charge in [-0.05, 0) is 30.5 Å². The molecule has 1 aromatic rings. The van der Waals surface area contributed by atoms with Crippen molar-refractivity contribution in [2.75, 3.05) is 19.8 Å². The van der Waals surface area contributed by atoms with Crippen molar-refractivity contribution >= 4 is 0 Å². The van der Waals surface area contributed by atoms with Gasteiger partial charge in [0.05, 0.1) is 19.3 Å². The second-order valence-electron chi connectivity index (χ2n) is 4.85. The standard InChI is InChI=1S/C14H19NO3/c15-11-3-1-6-18-14(11)10-4-5-12-13(9-10)17-8-2-7-16-12/h4-5,9,11,14H,1-3,6-8,15H2. The Bertz CT molecular complexity index is 422. The molecule has 0 aliphatic carbocycles. The minimum absolute atomic E-state index is 0.0177. The molecule has 0 bridgehead atoms. The topological polar surface area (TPSA) is 53.7 Å². The summed E-state index contributed by atoms with van der Waals surface area (Å²) in [6, 6.07) is 6.07. The third kappa shape index (κ3) is 2.31. The van der Waals surface area contributed by atoms with Gasteiger partial charge >= 0.3 is 0 Å². The molecule has 0 radical (unpaired) electrons. The Morgan fingerprint density at radius 1 is 1.00 bits per heavy atom. The van der Waals surface area contributed by atoms with Crippen LogP contribution in [0.4, 0.5) is 0 Å². The van der Waals surface area contributed by atoms with Crippen molar-refractivity contribution in [1.82, 2.24) is 0 Å². The molecule has 2 unspecified atom stereocenters. The molecule has 0 spiro atoms. The number of rotatable bonds is 1. The van der Waals surface area contributed by atoms with Gasteiger partial charge in [0.2, 0.25) is 0 Å². The van der Waals surface area contributed by atoms with Crippen molar-refractivity contribution in [3.63, 3.8) is 0 Å². The predicted molar refractivity (Wildman–Crippen MR) is 68.0 cm³/mol. The van der Waals surface area contributed by atoms with Crippen molar-refractivity contribution in [2.45, 2.75) is 31.4 Å². The summed E-state index contributed by atoms with van der Waals surface area (Å²) in [5.41, 5.74) is 7.21. The van der Waals surface area contributed by atoms with Gasteiger partial charge < -0.3 is 19.9 Å². The van der Waals surface area contributed by atoms with Crippen LogP contribution in [-0.4, -0.2) is 25.9 Å². The Hall–Kier alpha value is -1.26. The number of nitrogens with two attached hydrogens (primary N) is 1. The third-order valence-corrected chi connectivity index (χ3v) is 3.47. The van der Waals surface area contributed by atoms with Gasteiger partial charge in [0.15, 0.2) is 11.5 Å². The molecule has 0 aromatic heterocycles. The van der Waals surface area contributed by atoms with E-state index in [1.807, 2.05) is 18.2 Å². The Morgan fingerprint density at radius 3 is 2.67 bits per heavy atom. The molecule has 2 aliphatic rings. The average molecular weight is 249 g/mol. The van der Waals surface area contributed by atoms with Crippen molar-refractivity contribution < 1.29 is 14.2 Å². The summed E-state index contributed by atoms with van der Waals surface area (Å²) in [6.07, 6.45) is 2.96. The smallest absolute Gasteiger partial charge is 0.161 e. The maximum absolute atomic E-state index is 6.12. The molecule has 3 rings (SSSR count). The maximum atomic E-state index is 6.12. The molecule has 2 N–H and O–H groups in total. The van der Waals surface area contributed by atoms with E-state index in [1.54, 1.807) is 0 Å². The zero-order valence-corrected chi connectivity index (χ0v) is 10.4. The van der Waals surface area contributed by atoms with E-state index in [4.69, 9.17) is 19.9 Å². The van der Waals surface area contributed by atoms with Crippen molar-refractivity contribution in [3.05, 3.63) is 23.8 Å². The lowest BCUT2D eigenvalue weighted by Crippen LogP contribution is -2.34. The molecule has 2 aliphatic heterocycles. The van der Waals surface area contributed by atoms with Crippen LogP contribution in [0, 0.1) is 0 Å². The molecule has 2 heterocycles. The molecular weight excluding hydrogens is 230 g/mol. The Kier molecular flexibility index (Phi) is 3.39. The number of hydrogen-bond acceptors (Lipinski definition) is 4. The maximum Gasteiger partial charge on any atom is 0.161 e. The molecule has 0 saturated carbocycles. The summed E-state index contributed by atoms with van der Waals surface area (Å²) in [5.74, 6) is 1.63. The van der Waals surface area contributed by atoms with Gasteiger partial charge in [-0.3, -0.25) is 0 Å². The van der Waals surface area contributed by atoms with E-state index in [0.29, 0.717) is 13.2 Å². The Labute approximate surface area is 107 Å². The summed E-state index contributed by atoms with van der Waals surface area (Å²) in [7, 11) is 0. The summed E-state index contributed by atoms with van der Waals surface area (Å²) in [4.78, 5) is 0. The predicted octanol–water partition coefficient (Wildman–Crippen LogP) is 2.03. The van der Waals surface area contributed by atoms with Gasteiger partial charge in [-0.2, -0.15) is 0 Å². The number of hydrogen-bond donors (Lipinski definition) is 1. The van der Waals surface area contributed by atoms with Crippen molar-refractivity contribution in [3.8, 4) is 11.5 Å². The first-order valence-electron chi connectivity index (χ1n) is 6.61. The van der Waals surface area contributed by atoms with Gasteiger partial charge in [0.1, 0.15) is 0 Å². The molecule has 4 heteroatoms. The fourth-order valence-corrected chi connectivity index (χ4v) is 2.50. The lowest BCUT2D eigenvalue weighted by molar-refractivity contribution is 0.00000869. The molecular formula is C14H19NO3. The minimum Gasteiger partial charge on any atom is -0.490 e. The SMILES string of the molecule is NC1CCCOC1c1ccc2c(c1)OCCCO2. The van der Waals surface area contributed by atoms with E-state index in [1.165, 1.54) is 0 Å². The zero-order valence-electron chi connectivity index (χ0n) is 10.4. The van der Waals surface area contributed by atoms with E-state index >= 15 is 0 Å². The second-order valence-corrected chi connectivity index (χ2v) is 4.85. The van der Waals surface area contributed by atoms with Gasteiger partial charge in [-0.1, -0.05) is 6.07 Å². The fraction of sp³-hybridized carbons (Fsp3) is 0.571. The first kappa shape index (κ1) is 11.8. The van der Waals surface area contributed by atoms with Crippen LogP contribution in [0.15, 0.2) is 18.2 Å². The minimum atomic E-state index is -0.0177. The largest absolute Gasteiger partial charge is 0.490 e. The van der Waals surface area contributed by atoms with Crippen LogP contribution in [0.2, 0.25) is 0 Å². The summed E-state index contributed by atoms with van der Waals surface area (Å²) in [5, 5.41) is 0. The van der Waals surface area contributed by atoms with E-state index < -0.39 is 0 Å². The van der Waals surface area contributed by atoms with Crippen LogP contribution < -0.4 is 15.2 Å². The quantitative estimate of drug-likeness (QED) is 0.827. The van der Waals surface area contributed by atoms with Gasteiger partial charge in [0, 0.05) is 19.1 Å². The van der Waals surface area contributed by atoms with E-state index in [2.05, 4.69) is 0 Å². The van der Waals surface area contributed by atoms with Crippen LogP contribution in [0.1, 0.15) is 30.9 Å². The molecule has 98 valence electrons. The molecule has 1 saturated heterocycles. The van der Waals surface area contributed by atoms with Gasteiger partial charge in [-0.15, -0.1) is 0 Å². The highest BCUT2D eigenvalue weighted by Crippen LogP contribution is 2.35. The van der Waals surface area contributed by atoms with E-state index in [9.17, 15) is 0 Å². The number of fused-ring (bicyclic) bond motifs is 1. The van der Waals surface area contributed by atoms with Crippen LogP contribution >= 0.6 is 0 Å².